The summed E-state index contributed by atoms with van der Waals surface area (Å²) in [6.45, 7) is 7.80. The summed E-state index contributed by atoms with van der Waals surface area (Å²) >= 11 is 0. The summed E-state index contributed by atoms with van der Waals surface area (Å²) in [4.78, 5) is 14.1. The topological polar surface area (TPSA) is 55.6 Å². The Morgan fingerprint density at radius 1 is 1.43 bits per heavy atom. The van der Waals surface area contributed by atoms with E-state index in [9.17, 15) is 4.79 Å². The van der Waals surface area contributed by atoms with E-state index in [0.29, 0.717) is 5.92 Å². The molecule has 0 aromatic heterocycles. The van der Waals surface area contributed by atoms with Gasteiger partial charge in [0.1, 0.15) is 5.75 Å². The molecule has 1 fully saturated rings. The van der Waals surface area contributed by atoms with Gasteiger partial charge in [-0.15, -0.1) is 0 Å². The van der Waals surface area contributed by atoms with Crippen molar-refractivity contribution in [2.45, 2.75) is 39.7 Å². The lowest BCUT2D eigenvalue weighted by Gasteiger charge is -2.34. The maximum absolute atomic E-state index is 12.3. The minimum atomic E-state index is 0.0542. The van der Waals surface area contributed by atoms with Gasteiger partial charge >= 0.3 is 0 Å². The van der Waals surface area contributed by atoms with E-state index >= 15 is 0 Å². The van der Waals surface area contributed by atoms with Crippen molar-refractivity contribution in [1.29, 1.82) is 0 Å². The van der Waals surface area contributed by atoms with Gasteiger partial charge in [0.2, 0.25) is 0 Å². The summed E-state index contributed by atoms with van der Waals surface area (Å²) < 4.78 is 5.63. The molecular formula is C17H26N2O2. The van der Waals surface area contributed by atoms with Crippen molar-refractivity contribution in [2.75, 3.05) is 19.7 Å². The van der Waals surface area contributed by atoms with E-state index in [4.69, 9.17) is 10.5 Å². The molecule has 1 heterocycles. The molecule has 2 rings (SSSR count). The fraction of sp³-hybridized carbons (Fsp3) is 0.588. The minimum Gasteiger partial charge on any atom is -0.484 e. The quantitative estimate of drug-likeness (QED) is 0.925. The molecule has 0 saturated carbocycles. The first-order chi connectivity index (χ1) is 9.97. The standard InChI is InChI=1S/C17H26N2O2/c1-12-6-7-16(9-13(12)2)21-11-17(20)19-8-4-5-15(10-19)14(3)18/h6-7,9,14-15H,4-5,8,10-11,18H2,1-3H3. The van der Waals surface area contributed by atoms with Gasteiger partial charge in [0, 0.05) is 19.1 Å². The zero-order chi connectivity index (χ0) is 15.4. The predicted octanol–water partition coefficient (Wildman–Crippen LogP) is 2.27. The fourth-order valence-electron chi connectivity index (χ4n) is 2.71. The lowest BCUT2D eigenvalue weighted by atomic mass is 9.92. The van der Waals surface area contributed by atoms with Crippen LogP contribution in [0.2, 0.25) is 0 Å². The van der Waals surface area contributed by atoms with E-state index in [-0.39, 0.29) is 18.6 Å². The molecule has 4 nitrogen and oxygen atoms in total. The van der Waals surface area contributed by atoms with E-state index in [1.54, 1.807) is 0 Å². The zero-order valence-electron chi connectivity index (χ0n) is 13.3. The van der Waals surface area contributed by atoms with Gasteiger partial charge in [-0.1, -0.05) is 6.07 Å². The van der Waals surface area contributed by atoms with Crippen LogP contribution in [0, 0.1) is 19.8 Å². The fourth-order valence-corrected chi connectivity index (χ4v) is 2.71. The van der Waals surface area contributed by atoms with Crippen molar-refractivity contribution in [2.24, 2.45) is 11.7 Å². The maximum atomic E-state index is 12.3. The summed E-state index contributed by atoms with van der Waals surface area (Å²) in [6.07, 6.45) is 2.14. The van der Waals surface area contributed by atoms with Gasteiger partial charge in [-0.2, -0.15) is 0 Å². The molecule has 1 aromatic rings. The van der Waals surface area contributed by atoms with Gasteiger partial charge in [0.05, 0.1) is 0 Å². The molecular weight excluding hydrogens is 264 g/mol. The van der Waals surface area contributed by atoms with Gasteiger partial charge in [0.15, 0.2) is 6.61 Å². The Kier molecular flexibility index (Phi) is 5.23. The Bertz CT molecular complexity index is 500. The smallest absolute Gasteiger partial charge is 0.260 e. The predicted molar refractivity (Wildman–Crippen MR) is 84.4 cm³/mol. The molecule has 1 saturated heterocycles. The van der Waals surface area contributed by atoms with Crippen LogP contribution in [-0.2, 0) is 4.79 Å². The van der Waals surface area contributed by atoms with Crippen LogP contribution < -0.4 is 10.5 Å². The average molecular weight is 290 g/mol. The number of nitrogens with zero attached hydrogens (tertiary/aromatic N) is 1. The molecule has 21 heavy (non-hydrogen) atoms. The first kappa shape index (κ1) is 15.8. The number of hydrogen-bond donors (Lipinski definition) is 1. The third-order valence-corrected chi connectivity index (χ3v) is 4.39. The van der Waals surface area contributed by atoms with E-state index < -0.39 is 0 Å². The molecule has 116 valence electrons. The Labute approximate surface area is 127 Å². The highest BCUT2D eigenvalue weighted by molar-refractivity contribution is 5.77. The van der Waals surface area contributed by atoms with E-state index in [1.807, 2.05) is 36.9 Å². The average Bonchev–Trinajstić information content (AvgIpc) is 2.48. The van der Waals surface area contributed by atoms with E-state index in [2.05, 4.69) is 6.92 Å². The number of carbonyl (C=O) groups excluding carboxylic acids is 1. The Hall–Kier alpha value is -1.55. The minimum absolute atomic E-state index is 0.0542. The summed E-state index contributed by atoms with van der Waals surface area (Å²) in [5.74, 6) is 1.22. The summed E-state index contributed by atoms with van der Waals surface area (Å²) in [5, 5.41) is 0. The normalized spacial score (nSPS) is 20.2. The molecule has 2 unspecified atom stereocenters. The lowest BCUT2D eigenvalue weighted by molar-refractivity contribution is -0.135. The summed E-state index contributed by atoms with van der Waals surface area (Å²) in [5.41, 5.74) is 8.36. The second kappa shape index (κ2) is 6.94. The summed E-state index contributed by atoms with van der Waals surface area (Å²) in [7, 11) is 0. The number of piperidine rings is 1. The van der Waals surface area contributed by atoms with Crippen LogP contribution in [0.4, 0.5) is 0 Å². The van der Waals surface area contributed by atoms with Gasteiger partial charge in [-0.05, 0) is 62.8 Å². The molecule has 1 aliphatic heterocycles. The molecule has 2 N–H and O–H groups in total. The Morgan fingerprint density at radius 2 is 2.19 bits per heavy atom. The van der Waals surface area contributed by atoms with Crippen molar-refractivity contribution < 1.29 is 9.53 Å². The van der Waals surface area contributed by atoms with Gasteiger partial charge in [0.25, 0.3) is 5.91 Å². The van der Waals surface area contributed by atoms with Crippen molar-refractivity contribution in [3.05, 3.63) is 29.3 Å². The number of rotatable bonds is 4. The second-order valence-electron chi connectivity index (χ2n) is 6.14. The van der Waals surface area contributed by atoms with Crippen LogP contribution in [-0.4, -0.2) is 36.5 Å². The first-order valence-corrected chi connectivity index (χ1v) is 7.71. The molecule has 1 aliphatic rings. The number of benzene rings is 1. The second-order valence-corrected chi connectivity index (χ2v) is 6.14. The molecule has 2 atom stereocenters. The molecule has 1 aromatic carbocycles. The van der Waals surface area contributed by atoms with Crippen LogP contribution >= 0.6 is 0 Å². The molecule has 0 radical (unpaired) electrons. The third-order valence-electron chi connectivity index (χ3n) is 4.39. The number of likely N-dealkylation sites (tertiary alicyclic amines) is 1. The van der Waals surface area contributed by atoms with E-state index in [0.717, 1.165) is 31.7 Å². The number of ether oxygens (including phenoxy) is 1. The highest BCUT2D eigenvalue weighted by Gasteiger charge is 2.25. The number of carbonyl (C=O) groups is 1. The van der Waals surface area contributed by atoms with Crippen LogP contribution in [0.25, 0.3) is 0 Å². The van der Waals surface area contributed by atoms with Crippen molar-refractivity contribution >= 4 is 5.91 Å². The molecule has 0 bridgehead atoms. The number of hydrogen-bond acceptors (Lipinski definition) is 3. The number of amides is 1. The van der Waals surface area contributed by atoms with Gasteiger partial charge in [-0.25, -0.2) is 0 Å². The molecule has 4 heteroatoms. The highest BCUT2D eigenvalue weighted by atomic mass is 16.5. The van der Waals surface area contributed by atoms with E-state index in [1.165, 1.54) is 11.1 Å². The third kappa shape index (κ3) is 4.21. The van der Waals surface area contributed by atoms with Crippen molar-refractivity contribution in [3.8, 4) is 5.75 Å². The molecule has 1 amide bonds. The van der Waals surface area contributed by atoms with Crippen LogP contribution in [0.15, 0.2) is 18.2 Å². The molecule has 0 aliphatic carbocycles. The zero-order valence-corrected chi connectivity index (χ0v) is 13.3. The van der Waals surface area contributed by atoms with Crippen LogP contribution in [0.3, 0.4) is 0 Å². The SMILES string of the molecule is Cc1ccc(OCC(=O)N2CCCC(C(C)N)C2)cc1C. The highest BCUT2D eigenvalue weighted by Crippen LogP contribution is 2.20. The Morgan fingerprint density at radius 3 is 2.86 bits per heavy atom. The first-order valence-electron chi connectivity index (χ1n) is 7.71. The number of nitrogens with two attached hydrogens (primary N) is 1. The lowest BCUT2D eigenvalue weighted by Crippen LogP contribution is -2.46. The van der Waals surface area contributed by atoms with Crippen molar-refractivity contribution in [3.63, 3.8) is 0 Å². The van der Waals surface area contributed by atoms with Crippen LogP contribution in [0.1, 0.15) is 30.9 Å². The molecule has 0 spiro atoms. The van der Waals surface area contributed by atoms with Crippen LogP contribution in [0.5, 0.6) is 5.75 Å². The maximum Gasteiger partial charge on any atom is 0.260 e. The van der Waals surface area contributed by atoms with Gasteiger partial charge < -0.3 is 15.4 Å². The van der Waals surface area contributed by atoms with Crippen molar-refractivity contribution in [1.82, 2.24) is 4.90 Å². The Balaban J connectivity index is 1.87. The monoisotopic (exact) mass is 290 g/mol. The summed E-state index contributed by atoms with van der Waals surface area (Å²) in [6, 6.07) is 6.05. The van der Waals surface area contributed by atoms with Gasteiger partial charge in [-0.3, -0.25) is 4.79 Å². The largest absolute Gasteiger partial charge is 0.484 e. The number of aryl methyl sites for hydroxylation is 2.